The predicted molar refractivity (Wildman–Crippen MR) is 58.7 cm³/mol. The minimum atomic E-state index is -1.48. The summed E-state index contributed by atoms with van der Waals surface area (Å²) in [6.07, 6.45) is 0. The third kappa shape index (κ3) is 2.79. The van der Waals surface area contributed by atoms with Crippen molar-refractivity contribution in [2.24, 2.45) is 0 Å². The van der Waals surface area contributed by atoms with Crippen LogP contribution in [0.3, 0.4) is 0 Å². The Morgan fingerprint density at radius 3 is 2.56 bits per heavy atom. The first-order valence-electron chi connectivity index (χ1n) is 4.62. The molecule has 16 heavy (non-hydrogen) atoms. The van der Waals surface area contributed by atoms with Crippen LogP contribution in [0, 0.1) is 13.8 Å². The van der Waals surface area contributed by atoms with Crippen LogP contribution in [0.15, 0.2) is 6.07 Å². The maximum atomic E-state index is 12.3. The number of aryl methyl sites for hydroxylation is 2. The van der Waals surface area contributed by atoms with E-state index in [1.165, 1.54) is 11.3 Å². The highest BCUT2D eigenvalue weighted by Crippen LogP contribution is 2.20. The van der Waals surface area contributed by atoms with E-state index in [4.69, 9.17) is 5.11 Å². The lowest BCUT2D eigenvalue weighted by Gasteiger charge is -2.09. The van der Waals surface area contributed by atoms with Gasteiger partial charge in [0.15, 0.2) is 6.04 Å². The lowest BCUT2D eigenvalue weighted by molar-refractivity contribution is -0.139. The van der Waals surface area contributed by atoms with Crippen molar-refractivity contribution in [2.75, 3.05) is 6.67 Å². The summed E-state index contributed by atoms with van der Waals surface area (Å²) in [5, 5.41) is 10.7. The molecule has 4 nitrogen and oxygen atoms in total. The minimum absolute atomic E-state index is 0.398. The Bertz CT molecular complexity index is 397. The lowest BCUT2D eigenvalue weighted by Crippen LogP contribution is -2.42. The Labute approximate surface area is 96.1 Å². The fourth-order valence-electron chi connectivity index (χ4n) is 1.08. The third-order valence-electron chi connectivity index (χ3n) is 2.15. The summed E-state index contributed by atoms with van der Waals surface area (Å²) >= 11 is 1.26. The largest absolute Gasteiger partial charge is 0.480 e. The summed E-state index contributed by atoms with van der Waals surface area (Å²) in [4.78, 5) is 23.5. The highest BCUT2D eigenvalue weighted by atomic mass is 32.1. The smallest absolute Gasteiger partial charge is 0.328 e. The lowest BCUT2D eigenvalue weighted by atomic mass is 10.2. The molecular formula is C10H12FNO3S. The number of rotatable bonds is 4. The molecule has 0 aliphatic rings. The van der Waals surface area contributed by atoms with Gasteiger partial charge >= 0.3 is 5.97 Å². The molecule has 1 atom stereocenters. The average Bonchev–Trinajstić information content (AvgIpc) is 2.55. The number of carboxylic acid groups (broad SMARTS) is 1. The van der Waals surface area contributed by atoms with Crippen molar-refractivity contribution >= 4 is 23.2 Å². The first-order chi connectivity index (χ1) is 7.45. The number of thiophene rings is 1. The first-order valence-corrected chi connectivity index (χ1v) is 5.44. The zero-order valence-corrected chi connectivity index (χ0v) is 9.73. The predicted octanol–water partition coefficient (Wildman–Crippen LogP) is 1.52. The Morgan fingerprint density at radius 2 is 2.19 bits per heavy atom. The molecule has 1 heterocycles. The van der Waals surface area contributed by atoms with E-state index in [-0.39, 0.29) is 0 Å². The van der Waals surface area contributed by atoms with E-state index in [1.807, 2.05) is 13.8 Å². The molecule has 1 unspecified atom stereocenters. The first kappa shape index (κ1) is 12.6. The number of halogens is 1. The van der Waals surface area contributed by atoms with E-state index < -0.39 is 24.6 Å². The molecule has 88 valence electrons. The quantitative estimate of drug-likeness (QED) is 0.845. The fraction of sp³-hybridized carbons (Fsp3) is 0.400. The van der Waals surface area contributed by atoms with Crippen molar-refractivity contribution in [3.05, 3.63) is 21.4 Å². The van der Waals surface area contributed by atoms with Crippen molar-refractivity contribution in [3.63, 3.8) is 0 Å². The topological polar surface area (TPSA) is 66.4 Å². The average molecular weight is 245 g/mol. The van der Waals surface area contributed by atoms with Crippen LogP contribution in [0.1, 0.15) is 20.1 Å². The number of hydrogen-bond acceptors (Lipinski definition) is 3. The monoisotopic (exact) mass is 245 g/mol. The van der Waals surface area contributed by atoms with Crippen LogP contribution in [-0.2, 0) is 4.79 Å². The highest BCUT2D eigenvalue weighted by Gasteiger charge is 2.21. The van der Waals surface area contributed by atoms with E-state index in [2.05, 4.69) is 5.32 Å². The molecule has 1 aromatic rings. The van der Waals surface area contributed by atoms with E-state index >= 15 is 0 Å². The summed E-state index contributed by atoms with van der Waals surface area (Å²) in [5.41, 5.74) is 0.960. The molecule has 1 rings (SSSR count). The molecule has 0 aliphatic heterocycles. The molecule has 0 saturated heterocycles. The van der Waals surface area contributed by atoms with Crippen LogP contribution in [0.4, 0.5) is 4.39 Å². The van der Waals surface area contributed by atoms with Crippen LogP contribution in [0.5, 0.6) is 0 Å². The molecule has 1 amide bonds. The van der Waals surface area contributed by atoms with Crippen LogP contribution >= 0.6 is 11.3 Å². The second-order valence-corrected chi connectivity index (χ2v) is 4.62. The Balaban J connectivity index is 2.75. The van der Waals surface area contributed by atoms with Gasteiger partial charge in [0, 0.05) is 4.88 Å². The van der Waals surface area contributed by atoms with E-state index in [0.29, 0.717) is 4.88 Å². The molecule has 1 aromatic heterocycles. The number of aliphatic carboxylic acids is 1. The van der Waals surface area contributed by atoms with Gasteiger partial charge in [-0.2, -0.15) is 0 Å². The molecular weight excluding hydrogens is 233 g/mol. The van der Waals surface area contributed by atoms with Crippen molar-refractivity contribution < 1.29 is 19.1 Å². The SMILES string of the molecule is Cc1cc(C(=O)NC(CF)C(=O)O)sc1C. The second kappa shape index (κ2) is 5.07. The zero-order valence-electron chi connectivity index (χ0n) is 8.91. The molecule has 6 heteroatoms. The Hall–Kier alpha value is -1.43. The number of carboxylic acids is 1. The number of alkyl halides is 1. The molecule has 0 spiro atoms. The summed E-state index contributed by atoms with van der Waals surface area (Å²) in [6.45, 7) is 2.59. The number of hydrogen-bond donors (Lipinski definition) is 2. The minimum Gasteiger partial charge on any atom is -0.480 e. The van der Waals surface area contributed by atoms with Crippen molar-refractivity contribution in [3.8, 4) is 0 Å². The van der Waals surface area contributed by atoms with Gasteiger partial charge in [0.1, 0.15) is 6.67 Å². The fourth-order valence-corrected chi connectivity index (χ4v) is 2.02. The number of amides is 1. The number of carbonyl (C=O) groups excluding carboxylic acids is 1. The Kier molecular flexibility index (Phi) is 4.00. The van der Waals surface area contributed by atoms with Crippen LogP contribution < -0.4 is 5.32 Å². The summed E-state index contributed by atoms with van der Waals surface area (Å²) in [5.74, 6) is -1.92. The van der Waals surface area contributed by atoms with Gasteiger partial charge in [-0.25, -0.2) is 9.18 Å². The van der Waals surface area contributed by atoms with Gasteiger partial charge in [0.05, 0.1) is 4.88 Å². The van der Waals surface area contributed by atoms with E-state index in [1.54, 1.807) is 6.07 Å². The number of nitrogens with one attached hydrogen (secondary N) is 1. The zero-order chi connectivity index (χ0) is 12.3. The van der Waals surface area contributed by atoms with E-state index in [9.17, 15) is 14.0 Å². The molecule has 0 aliphatic carbocycles. The van der Waals surface area contributed by atoms with Crippen molar-refractivity contribution in [2.45, 2.75) is 19.9 Å². The maximum absolute atomic E-state index is 12.3. The van der Waals surface area contributed by atoms with E-state index in [0.717, 1.165) is 10.4 Å². The maximum Gasteiger partial charge on any atom is 0.328 e. The van der Waals surface area contributed by atoms with Crippen molar-refractivity contribution in [1.82, 2.24) is 5.32 Å². The van der Waals surface area contributed by atoms with Gasteiger partial charge in [0.2, 0.25) is 0 Å². The normalized spacial score (nSPS) is 12.2. The molecule has 0 radical (unpaired) electrons. The van der Waals surface area contributed by atoms with Gasteiger partial charge in [-0.05, 0) is 25.5 Å². The van der Waals surface area contributed by atoms with Gasteiger partial charge in [-0.15, -0.1) is 11.3 Å². The molecule has 0 bridgehead atoms. The van der Waals surface area contributed by atoms with Gasteiger partial charge < -0.3 is 10.4 Å². The van der Waals surface area contributed by atoms with Gasteiger partial charge in [0.25, 0.3) is 5.91 Å². The molecule has 0 fully saturated rings. The summed E-state index contributed by atoms with van der Waals surface area (Å²) in [6, 6.07) is 0.183. The van der Waals surface area contributed by atoms with Gasteiger partial charge in [-0.3, -0.25) is 4.79 Å². The molecule has 0 aromatic carbocycles. The Morgan fingerprint density at radius 1 is 1.56 bits per heavy atom. The van der Waals surface area contributed by atoms with Crippen molar-refractivity contribution in [1.29, 1.82) is 0 Å². The van der Waals surface area contributed by atoms with Crippen LogP contribution in [-0.4, -0.2) is 29.7 Å². The molecule has 2 N–H and O–H groups in total. The molecule has 0 saturated carbocycles. The summed E-state index contributed by atoms with van der Waals surface area (Å²) in [7, 11) is 0. The third-order valence-corrected chi connectivity index (χ3v) is 3.30. The van der Waals surface area contributed by atoms with Gasteiger partial charge in [-0.1, -0.05) is 0 Å². The number of carbonyl (C=O) groups is 2. The van der Waals surface area contributed by atoms with Crippen LogP contribution in [0.25, 0.3) is 0 Å². The van der Waals surface area contributed by atoms with Crippen LogP contribution in [0.2, 0.25) is 0 Å². The highest BCUT2D eigenvalue weighted by molar-refractivity contribution is 7.14. The summed E-state index contributed by atoms with van der Waals surface area (Å²) < 4.78 is 12.3. The second-order valence-electron chi connectivity index (χ2n) is 3.37. The standard InChI is InChI=1S/C10H12FNO3S/c1-5-3-8(16-6(5)2)9(13)12-7(4-11)10(14)15/h3,7H,4H2,1-2H3,(H,12,13)(H,14,15).